The SMILES string of the molecule is COc1cccc(-c2cc(C#N)cc(OC(F)(F)F)c2)c1. The lowest BCUT2D eigenvalue weighted by molar-refractivity contribution is -0.274. The van der Waals surface area contributed by atoms with Crippen molar-refractivity contribution in [2.45, 2.75) is 6.36 Å². The fraction of sp³-hybridized carbons (Fsp3) is 0.133. The Morgan fingerprint density at radius 2 is 1.71 bits per heavy atom. The molecular formula is C15H10F3NO2. The van der Waals surface area contributed by atoms with Gasteiger partial charge in [-0.25, -0.2) is 0 Å². The topological polar surface area (TPSA) is 42.2 Å². The summed E-state index contributed by atoms with van der Waals surface area (Å²) in [6, 6.07) is 12.3. The van der Waals surface area contributed by atoms with Gasteiger partial charge in [-0.2, -0.15) is 5.26 Å². The van der Waals surface area contributed by atoms with Crippen molar-refractivity contribution < 1.29 is 22.6 Å². The summed E-state index contributed by atoms with van der Waals surface area (Å²) in [6.45, 7) is 0. The smallest absolute Gasteiger partial charge is 0.497 e. The molecule has 2 aromatic carbocycles. The molecule has 2 rings (SSSR count). The Kier molecular flexibility index (Phi) is 4.03. The molecule has 0 radical (unpaired) electrons. The minimum absolute atomic E-state index is 0.0783. The molecule has 0 N–H and O–H groups in total. The van der Waals surface area contributed by atoms with Gasteiger partial charge in [-0.05, 0) is 41.5 Å². The van der Waals surface area contributed by atoms with Crippen molar-refractivity contribution in [3.63, 3.8) is 0 Å². The second kappa shape index (κ2) is 5.75. The van der Waals surface area contributed by atoms with E-state index in [0.29, 0.717) is 16.9 Å². The molecule has 0 aromatic heterocycles. The Balaban J connectivity index is 2.48. The lowest BCUT2D eigenvalue weighted by Crippen LogP contribution is -2.17. The molecule has 108 valence electrons. The quantitative estimate of drug-likeness (QED) is 0.854. The summed E-state index contributed by atoms with van der Waals surface area (Å²) in [7, 11) is 1.49. The first kappa shape index (κ1) is 14.7. The Labute approximate surface area is 119 Å². The maximum absolute atomic E-state index is 12.3. The summed E-state index contributed by atoms with van der Waals surface area (Å²) in [5, 5.41) is 8.92. The predicted octanol–water partition coefficient (Wildman–Crippen LogP) is 4.13. The van der Waals surface area contributed by atoms with Crippen LogP contribution in [0.4, 0.5) is 13.2 Å². The van der Waals surface area contributed by atoms with Gasteiger partial charge in [-0.15, -0.1) is 13.2 Å². The maximum Gasteiger partial charge on any atom is 0.573 e. The van der Waals surface area contributed by atoms with Crippen LogP contribution in [0, 0.1) is 11.3 Å². The number of methoxy groups -OCH3 is 1. The van der Waals surface area contributed by atoms with E-state index in [2.05, 4.69) is 4.74 Å². The third-order valence-corrected chi connectivity index (χ3v) is 2.67. The monoisotopic (exact) mass is 293 g/mol. The van der Waals surface area contributed by atoms with Crippen molar-refractivity contribution in [1.82, 2.24) is 0 Å². The van der Waals surface area contributed by atoms with Crippen LogP contribution in [0.25, 0.3) is 11.1 Å². The molecule has 0 saturated carbocycles. The van der Waals surface area contributed by atoms with E-state index in [0.717, 1.165) is 6.07 Å². The fourth-order valence-electron chi connectivity index (χ4n) is 1.83. The number of nitrogens with zero attached hydrogens (tertiary/aromatic N) is 1. The van der Waals surface area contributed by atoms with Gasteiger partial charge < -0.3 is 9.47 Å². The number of alkyl halides is 3. The normalized spacial score (nSPS) is 10.8. The van der Waals surface area contributed by atoms with Gasteiger partial charge in [0.2, 0.25) is 0 Å². The first-order valence-electron chi connectivity index (χ1n) is 5.86. The number of rotatable bonds is 3. The first-order valence-corrected chi connectivity index (χ1v) is 5.86. The minimum atomic E-state index is -4.81. The van der Waals surface area contributed by atoms with Crippen LogP contribution in [-0.2, 0) is 0 Å². The zero-order chi connectivity index (χ0) is 15.5. The van der Waals surface area contributed by atoms with Gasteiger partial charge in [-0.1, -0.05) is 12.1 Å². The summed E-state index contributed by atoms with van der Waals surface area (Å²) in [6.07, 6.45) is -4.81. The maximum atomic E-state index is 12.3. The van der Waals surface area contributed by atoms with Crippen molar-refractivity contribution in [3.8, 4) is 28.7 Å². The van der Waals surface area contributed by atoms with E-state index in [-0.39, 0.29) is 5.56 Å². The summed E-state index contributed by atoms with van der Waals surface area (Å²) in [4.78, 5) is 0. The Hall–Kier alpha value is -2.68. The van der Waals surface area contributed by atoms with Crippen LogP contribution in [0.2, 0.25) is 0 Å². The van der Waals surface area contributed by atoms with Crippen molar-refractivity contribution in [2.24, 2.45) is 0 Å². The van der Waals surface area contributed by atoms with Crippen LogP contribution in [-0.4, -0.2) is 13.5 Å². The highest BCUT2D eigenvalue weighted by atomic mass is 19.4. The molecule has 0 aliphatic rings. The minimum Gasteiger partial charge on any atom is -0.497 e. The Bertz CT molecular complexity index is 690. The number of nitriles is 1. The third kappa shape index (κ3) is 3.89. The number of benzene rings is 2. The standard InChI is InChI=1S/C15H10F3NO2/c1-20-13-4-2-3-11(7-13)12-5-10(9-19)6-14(8-12)21-15(16,17)18/h2-8H,1H3. The second-order valence-corrected chi connectivity index (χ2v) is 4.14. The largest absolute Gasteiger partial charge is 0.573 e. The van der Waals surface area contributed by atoms with Crippen LogP contribution in [0.15, 0.2) is 42.5 Å². The molecule has 0 aliphatic carbocycles. The van der Waals surface area contributed by atoms with Gasteiger partial charge in [0.25, 0.3) is 0 Å². The second-order valence-electron chi connectivity index (χ2n) is 4.14. The predicted molar refractivity (Wildman–Crippen MR) is 69.8 cm³/mol. The van der Waals surface area contributed by atoms with Crippen molar-refractivity contribution in [2.75, 3.05) is 7.11 Å². The van der Waals surface area contributed by atoms with Crippen LogP contribution < -0.4 is 9.47 Å². The summed E-state index contributed by atoms with van der Waals surface area (Å²) < 4.78 is 45.9. The molecular weight excluding hydrogens is 283 g/mol. The van der Waals surface area contributed by atoms with Crippen LogP contribution in [0.5, 0.6) is 11.5 Å². The van der Waals surface area contributed by atoms with Gasteiger partial charge in [0.15, 0.2) is 0 Å². The van der Waals surface area contributed by atoms with E-state index in [9.17, 15) is 13.2 Å². The van der Waals surface area contributed by atoms with E-state index in [1.54, 1.807) is 24.3 Å². The molecule has 0 amide bonds. The van der Waals surface area contributed by atoms with Gasteiger partial charge in [0.1, 0.15) is 11.5 Å². The molecule has 3 nitrogen and oxygen atoms in total. The average Bonchev–Trinajstić information content (AvgIpc) is 2.45. The molecule has 0 spiro atoms. The molecule has 0 bridgehead atoms. The average molecular weight is 293 g/mol. The van der Waals surface area contributed by atoms with Crippen LogP contribution in [0.3, 0.4) is 0 Å². The number of hydrogen-bond donors (Lipinski definition) is 0. The number of ether oxygens (including phenoxy) is 2. The summed E-state index contributed by atoms with van der Waals surface area (Å²) >= 11 is 0. The van der Waals surface area contributed by atoms with Crippen molar-refractivity contribution in [3.05, 3.63) is 48.0 Å². The van der Waals surface area contributed by atoms with Gasteiger partial charge in [-0.3, -0.25) is 0 Å². The lowest BCUT2D eigenvalue weighted by Gasteiger charge is -2.11. The third-order valence-electron chi connectivity index (χ3n) is 2.67. The molecule has 2 aromatic rings. The molecule has 0 heterocycles. The number of hydrogen-bond acceptors (Lipinski definition) is 3. The molecule has 0 fully saturated rings. The number of halogens is 3. The summed E-state index contributed by atoms with van der Waals surface area (Å²) in [5.41, 5.74) is 1.14. The molecule has 0 atom stereocenters. The molecule has 6 heteroatoms. The van der Waals surface area contributed by atoms with E-state index < -0.39 is 12.1 Å². The van der Waals surface area contributed by atoms with E-state index in [1.807, 2.05) is 6.07 Å². The molecule has 0 unspecified atom stereocenters. The highest BCUT2D eigenvalue weighted by molar-refractivity contribution is 5.68. The van der Waals surface area contributed by atoms with E-state index in [4.69, 9.17) is 10.00 Å². The lowest BCUT2D eigenvalue weighted by atomic mass is 10.0. The van der Waals surface area contributed by atoms with E-state index in [1.165, 1.54) is 19.2 Å². The van der Waals surface area contributed by atoms with Gasteiger partial charge >= 0.3 is 6.36 Å². The molecule has 0 saturated heterocycles. The van der Waals surface area contributed by atoms with Crippen LogP contribution >= 0.6 is 0 Å². The fourth-order valence-corrected chi connectivity index (χ4v) is 1.83. The van der Waals surface area contributed by atoms with Crippen molar-refractivity contribution >= 4 is 0 Å². The van der Waals surface area contributed by atoms with Gasteiger partial charge in [0.05, 0.1) is 18.7 Å². The van der Waals surface area contributed by atoms with Gasteiger partial charge in [0, 0.05) is 0 Å². The zero-order valence-corrected chi connectivity index (χ0v) is 10.9. The molecule has 21 heavy (non-hydrogen) atoms. The summed E-state index contributed by atoms with van der Waals surface area (Å²) in [5.74, 6) is 0.132. The van der Waals surface area contributed by atoms with Crippen molar-refractivity contribution in [1.29, 1.82) is 5.26 Å². The Morgan fingerprint density at radius 1 is 1.00 bits per heavy atom. The zero-order valence-electron chi connectivity index (χ0n) is 10.9. The highest BCUT2D eigenvalue weighted by Crippen LogP contribution is 2.31. The first-order chi connectivity index (χ1) is 9.91. The molecule has 0 aliphatic heterocycles. The van der Waals surface area contributed by atoms with E-state index >= 15 is 0 Å². The van der Waals surface area contributed by atoms with Crippen LogP contribution in [0.1, 0.15) is 5.56 Å². The highest BCUT2D eigenvalue weighted by Gasteiger charge is 2.31. The Morgan fingerprint density at radius 3 is 2.33 bits per heavy atom.